The van der Waals surface area contributed by atoms with Gasteiger partial charge in [0.25, 0.3) is 5.91 Å². The Kier molecular flexibility index (Phi) is 5.83. The van der Waals surface area contributed by atoms with E-state index in [4.69, 9.17) is 9.47 Å². The lowest BCUT2D eigenvalue weighted by Gasteiger charge is -2.48. The summed E-state index contributed by atoms with van der Waals surface area (Å²) in [5.74, 6) is 0.0336. The molecule has 0 bridgehead atoms. The van der Waals surface area contributed by atoms with Crippen LogP contribution in [0.2, 0.25) is 0 Å². The average Bonchev–Trinajstić information content (AvgIpc) is 2.74. The van der Waals surface area contributed by atoms with Crippen LogP contribution in [0.25, 0.3) is 0 Å². The number of amides is 1. The second-order valence-corrected chi connectivity index (χ2v) is 7.92. The highest BCUT2D eigenvalue weighted by Gasteiger charge is 2.44. The SMILES string of the molecule is O=C(COc1ccc(F)cc1)N1CCC2(CC1)C[C@H](O)C[C@H](c1ccccc1)O2. The van der Waals surface area contributed by atoms with Gasteiger partial charge in [0.05, 0.1) is 17.8 Å². The van der Waals surface area contributed by atoms with Gasteiger partial charge in [-0.15, -0.1) is 0 Å². The predicted octanol–water partition coefficient (Wildman–Crippen LogP) is 3.48. The summed E-state index contributed by atoms with van der Waals surface area (Å²) < 4.78 is 24.9. The Morgan fingerprint density at radius 1 is 1.14 bits per heavy atom. The van der Waals surface area contributed by atoms with Crippen molar-refractivity contribution in [3.8, 4) is 5.75 Å². The fourth-order valence-electron chi connectivity index (χ4n) is 4.28. The van der Waals surface area contributed by atoms with Gasteiger partial charge in [-0.25, -0.2) is 4.39 Å². The first-order chi connectivity index (χ1) is 14.0. The number of ether oxygens (including phenoxy) is 2. The number of carbonyl (C=O) groups is 1. The molecule has 2 aromatic rings. The molecule has 1 N–H and O–H groups in total. The van der Waals surface area contributed by atoms with Gasteiger partial charge in [0.15, 0.2) is 6.61 Å². The van der Waals surface area contributed by atoms with Crippen LogP contribution in [-0.2, 0) is 9.53 Å². The second kappa shape index (κ2) is 8.51. The maximum Gasteiger partial charge on any atom is 0.260 e. The lowest BCUT2D eigenvalue weighted by molar-refractivity contribution is -0.186. The molecule has 0 unspecified atom stereocenters. The highest BCUT2D eigenvalue weighted by Crippen LogP contribution is 2.42. The van der Waals surface area contributed by atoms with Crippen molar-refractivity contribution in [1.82, 2.24) is 4.90 Å². The molecule has 2 atom stereocenters. The number of aliphatic hydroxyl groups excluding tert-OH is 1. The molecule has 5 nitrogen and oxygen atoms in total. The minimum absolute atomic E-state index is 0.0746. The van der Waals surface area contributed by atoms with Crippen LogP contribution in [0.4, 0.5) is 4.39 Å². The number of nitrogens with zero attached hydrogens (tertiary/aromatic N) is 1. The zero-order valence-electron chi connectivity index (χ0n) is 16.3. The molecule has 4 rings (SSSR count). The number of aliphatic hydroxyl groups is 1. The summed E-state index contributed by atoms with van der Waals surface area (Å²) in [5, 5.41) is 10.5. The van der Waals surface area contributed by atoms with Crippen LogP contribution < -0.4 is 4.74 Å². The van der Waals surface area contributed by atoms with Crippen molar-refractivity contribution in [2.45, 2.75) is 43.5 Å². The fourth-order valence-corrected chi connectivity index (χ4v) is 4.28. The average molecular weight is 399 g/mol. The third-order valence-electron chi connectivity index (χ3n) is 5.86. The number of carbonyl (C=O) groups excluding carboxylic acids is 1. The molecule has 2 heterocycles. The quantitative estimate of drug-likeness (QED) is 0.855. The Labute approximate surface area is 170 Å². The maximum absolute atomic E-state index is 13.0. The summed E-state index contributed by atoms with van der Waals surface area (Å²) in [6.07, 6.45) is 2.05. The van der Waals surface area contributed by atoms with Crippen molar-refractivity contribution >= 4 is 5.91 Å². The molecule has 29 heavy (non-hydrogen) atoms. The smallest absolute Gasteiger partial charge is 0.260 e. The Hall–Kier alpha value is -2.44. The Morgan fingerprint density at radius 3 is 2.52 bits per heavy atom. The van der Waals surface area contributed by atoms with E-state index in [1.807, 2.05) is 30.3 Å². The largest absolute Gasteiger partial charge is 0.484 e. The Bertz CT molecular complexity index is 819. The zero-order valence-corrected chi connectivity index (χ0v) is 16.3. The lowest BCUT2D eigenvalue weighted by Crippen LogP contribution is -2.52. The molecule has 154 valence electrons. The Morgan fingerprint density at radius 2 is 1.83 bits per heavy atom. The fraction of sp³-hybridized carbons (Fsp3) is 0.435. The van der Waals surface area contributed by atoms with Gasteiger partial charge < -0.3 is 19.5 Å². The van der Waals surface area contributed by atoms with Crippen LogP contribution in [-0.4, -0.2) is 47.3 Å². The van der Waals surface area contributed by atoms with E-state index >= 15 is 0 Å². The van der Waals surface area contributed by atoms with Crippen LogP contribution >= 0.6 is 0 Å². The van der Waals surface area contributed by atoms with Gasteiger partial charge in [0.2, 0.25) is 0 Å². The first-order valence-corrected chi connectivity index (χ1v) is 10.1. The van der Waals surface area contributed by atoms with Gasteiger partial charge in [-0.05, 0) is 42.7 Å². The Balaban J connectivity index is 1.33. The number of likely N-dealkylation sites (tertiary alicyclic amines) is 1. The summed E-state index contributed by atoms with van der Waals surface area (Å²) in [5.41, 5.74) is 0.684. The highest BCUT2D eigenvalue weighted by atomic mass is 19.1. The topological polar surface area (TPSA) is 59.0 Å². The van der Waals surface area contributed by atoms with Gasteiger partial charge in [-0.2, -0.15) is 0 Å². The number of hydrogen-bond acceptors (Lipinski definition) is 4. The van der Waals surface area contributed by atoms with Gasteiger partial charge >= 0.3 is 0 Å². The van der Waals surface area contributed by atoms with E-state index in [9.17, 15) is 14.3 Å². The standard InChI is InChI=1S/C23H26FNO4/c24-18-6-8-20(9-7-18)28-16-22(27)25-12-10-23(11-13-25)15-19(26)14-21(29-23)17-4-2-1-3-5-17/h1-9,19,21,26H,10-16H2/t19-,21-/m1/s1. The van der Waals surface area contributed by atoms with Gasteiger partial charge in [0, 0.05) is 25.9 Å². The molecular formula is C23H26FNO4. The molecule has 0 radical (unpaired) electrons. The number of halogens is 1. The van der Waals surface area contributed by atoms with Gasteiger partial charge in [-0.3, -0.25) is 4.79 Å². The molecule has 2 aliphatic rings. The molecular weight excluding hydrogens is 373 g/mol. The van der Waals surface area contributed by atoms with E-state index < -0.39 is 11.7 Å². The third-order valence-corrected chi connectivity index (χ3v) is 5.86. The minimum atomic E-state index is -0.405. The normalized spacial score (nSPS) is 23.7. The first-order valence-electron chi connectivity index (χ1n) is 10.1. The van der Waals surface area contributed by atoms with Crippen molar-refractivity contribution in [2.75, 3.05) is 19.7 Å². The second-order valence-electron chi connectivity index (χ2n) is 7.92. The van der Waals surface area contributed by atoms with Crippen molar-refractivity contribution in [3.05, 3.63) is 66.0 Å². The molecule has 0 aliphatic carbocycles. The summed E-state index contributed by atoms with van der Waals surface area (Å²) in [6.45, 7) is 1.06. The highest BCUT2D eigenvalue weighted by molar-refractivity contribution is 5.77. The molecule has 2 aromatic carbocycles. The molecule has 2 fully saturated rings. The molecule has 2 saturated heterocycles. The van der Waals surface area contributed by atoms with Crippen molar-refractivity contribution in [3.63, 3.8) is 0 Å². The number of piperidine rings is 1. The van der Waals surface area contributed by atoms with Crippen molar-refractivity contribution in [1.29, 1.82) is 0 Å². The van der Waals surface area contributed by atoms with Crippen LogP contribution in [0.1, 0.15) is 37.4 Å². The van der Waals surface area contributed by atoms with Crippen molar-refractivity contribution in [2.24, 2.45) is 0 Å². The third kappa shape index (κ3) is 4.77. The molecule has 0 aromatic heterocycles. The molecule has 0 saturated carbocycles. The summed E-state index contributed by atoms with van der Waals surface area (Å²) in [4.78, 5) is 14.3. The lowest BCUT2D eigenvalue weighted by atomic mass is 9.81. The van der Waals surface area contributed by atoms with Gasteiger partial charge in [-0.1, -0.05) is 30.3 Å². The first kappa shape index (κ1) is 19.9. The van der Waals surface area contributed by atoms with E-state index in [1.54, 1.807) is 4.90 Å². The molecule has 2 aliphatic heterocycles. The van der Waals surface area contributed by atoms with E-state index in [0.29, 0.717) is 44.5 Å². The number of hydrogen-bond donors (Lipinski definition) is 1. The van der Waals surface area contributed by atoms with E-state index in [-0.39, 0.29) is 24.4 Å². The summed E-state index contributed by atoms with van der Waals surface area (Å²) in [6, 6.07) is 15.6. The van der Waals surface area contributed by atoms with Crippen LogP contribution in [0.5, 0.6) is 5.75 Å². The monoisotopic (exact) mass is 399 g/mol. The minimum Gasteiger partial charge on any atom is -0.484 e. The van der Waals surface area contributed by atoms with Crippen molar-refractivity contribution < 1.29 is 23.8 Å². The van der Waals surface area contributed by atoms with Crippen LogP contribution in [0, 0.1) is 5.82 Å². The summed E-state index contributed by atoms with van der Waals surface area (Å²) >= 11 is 0. The molecule has 1 spiro atoms. The number of benzene rings is 2. The zero-order chi connectivity index (χ0) is 20.3. The maximum atomic E-state index is 13.0. The van der Waals surface area contributed by atoms with E-state index in [2.05, 4.69) is 0 Å². The summed E-state index contributed by atoms with van der Waals surface area (Å²) in [7, 11) is 0. The van der Waals surface area contributed by atoms with Gasteiger partial charge in [0.1, 0.15) is 11.6 Å². The van der Waals surface area contributed by atoms with E-state index in [0.717, 1.165) is 5.56 Å². The molecule has 6 heteroatoms. The van der Waals surface area contributed by atoms with Crippen LogP contribution in [0.3, 0.4) is 0 Å². The predicted molar refractivity (Wildman–Crippen MR) is 106 cm³/mol. The van der Waals surface area contributed by atoms with Crippen LogP contribution in [0.15, 0.2) is 54.6 Å². The molecule has 1 amide bonds. The number of rotatable bonds is 4. The van der Waals surface area contributed by atoms with E-state index in [1.165, 1.54) is 24.3 Å².